The summed E-state index contributed by atoms with van der Waals surface area (Å²) in [4.78, 5) is 38.4. The zero-order valence-electron chi connectivity index (χ0n) is 18.0. The number of rotatable bonds is 10. The molecule has 0 saturated heterocycles. The van der Waals surface area contributed by atoms with E-state index in [1.54, 1.807) is 13.8 Å². The van der Waals surface area contributed by atoms with Crippen LogP contribution in [0.25, 0.3) is 0 Å². The van der Waals surface area contributed by atoms with Gasteiger partial charge in [0.2, 0.25) is 17.7 Å². The van der Waals surface area contributed by atoms with Gasteiger partial charge in [-0.2, -0.15) is 0 Å². The minimum absolute atomic E-state index is 0.0590. The van der Waals surface area contributed by atoms with E-state index in [1.807, 2.05) is 0 Å². The van der Waals surface area contributed by atoms with Gasteiger partial charge in [-0.15, -0.1) is 11.8 Å². The third-order valence-corrected chi connectivity index (χ3v) is 5.52. The highest BCUT2D eigenvalue weighted by Gasteiger charge is 2.24. The molecule has 2 N–H and O–H groups in total. The van der Waals surface area contributed by atoms with Crippen molar-refractivity contribution in [3.8, 4) is 0 Å². The second-order valence-electron chi connectivity index (χ2n) is 7.04. The molecule has 0 bridgehead atoms. The Morgan fingerprint density at radius 1 is 0.939 bits per heavy atom. The number of amides is 3. The van der Waals surface area contributed by atoms with Crippen LogP contribution in [0.3, 0.4) is 0 Å². The van der Waals surface area contributed by atoms with E-state index in [-0.39, 0.29) is 18.2 Å². The minimum Gasteiger partial charge on any atom is -0.332 e. The summed E-state index contributed by atoms with van der Waals surface area (Å²) in [5.74, 6) is -6.72. The zero-order valence-corrected chi connectivity index (χ0v) is 18.8. The van der Waals surface area contributed by atoms with E-state index in [9.17, 15) is 31.9 Å². The van der Waals surface area contributed by atoms with Crippen molar-refractivity contribution in [1.29, 1.82) is 0 Å². The molecule has 1 unspecified atom stereocenters. The number of benzene rings is 2. The first kappa shape index (κ1) is 26.2. The predicted octanol–water partition coefficient (Wildman–Crippen LogP) is 4.18. The number of carbonyl (C=O) groups excluding carboxylic acids is 3. The van der Waals surface area contributed by atoms with Crippen LogP contribution < -0.4 is 10.6 Å². The molecular formula is C22H23F4N3O3S. The molecule has 33 heavy (non-hydrogen) atoms. The van der Waals surface area contributed by atoms with Gasteiger partial charge in [-0.1, -0.05) is 6.92 Å². The highest BCUT2D eigenvalue weighted by Crippen LogP contribution is 2.20. The van der Waals surface area contributed by atoms with Crippen LogP contribution >= 0.6 is 11.8 Å². The maximum absolute atomic E-state index is 13.8. The number of nitrogens with zero attached hydrogens (tertiary/aromatic N) is 1. The normalized spacial score (nSPS) is 11.6. The van der Waals surface area contributed by atoms with Gasteiger partial charge in [-0.25, -0.2) is 17.6 Å². The number of hydrogen-bond acceptors (Lipinski definition) is 4. The molecule has 0 aliphatic rings. The monoisotopic (exact) mass is 485 g/mol. The molecule has 11 heteroatoms. The number of thioether (sulfide) groups is 1. The quantitative estimate of drug-likeness (QED) is 0.391. The van der Waals surface area contributed by atoms with E-state index >= 15 is 0 Å². The van der Waals surface area contributed by atoms with Crippen LogP contribution in [0.5, 0.6) is 0 Å². The molecule has 0 spiro atoms. The third kappa shape index (κ3) is 7.77. The van der Waals surface area contributed by atoms with Crippen molar-refractivity contribution in [3.63, 3.8) is 0 Å². The first-order valence-corrected chi connectivity index (χ1v) is 11.1. The van der Waals surface area contributed by atoms with Gasteiger partial charge in [0.15, 0.2) is 17.5 Å². The van der Waals surface area contributed by atoms with Crippen molar-refractivity contribution >= 4 is 40.9 Å². The molecule has 0 aliphatic carbocycles. The minimum atomic E-state index is -1.71. The lowest BCUT2D eigenvalue weighted by Crippen LogP contribution is -2.42. The molecule has 178 valence electrons. The molecule has 0 aromatic heterocycles. The van der Waals surface area contributed by atoms with Crippen molar-refractivity contribution in [2.24, 2.45) is 0 Å². The van der Waals surface area contributed by atoms with Crippen LogP contribution in [0.2, 0.25) is 0 Å². The van der Waals surface area contributed by atoms with Crippen molar-refractivity contribution in [3.05, 3.63) is 59.7 Å². The second kappa shape index (κ2) is 12.2. The summed E-state index contributed by atoms with van der Waals surface area (Å²) >= 11 is 1.05. The van der Waals surface area contributed by atoms with Crippen molar-refractivity contribution in [1.82, 2.24) is 4.90 Å². The molecular weight excluding hydrogens is 462 g/mol. The number of hydrogen-bond donors (Lipinski definition) is 2. The first-order chi connectivity index (χ1) is 15.6. The number of carbonyl (C=O) groups is 3. The Kier molecular flexibility index (Phi) is 9.71. The van der Waals surface area contributed by atoms with Gasteiger partial charge in [0.1, 0.15) is 5.82 Å². The third-order valence-electron chi connectivity index (χ3n) is 4.39. The Morgan fingerprint density at radius 2 is 1.61 bits per heavy atom. The largest absolute Gasteiger partial charge is 0.332 e. The van der Waals surface area contributed by atoms with Gasteiger partial charge in [0, 0.05) is 12.2 Å². The standard InChI is InChI=1S/C22H23F4N3O3S/c1-3-10-29(11-18(30)28-17-9-8-16(24)20(25)21(17)26)22(32)13(2)33-12-19(31)27-15-6-4-14(23)5-7-15/h4-9,13H,3,10-12H2,1-2H3,(H,27,31)(H,28,30). The number of halogens is 4. The molecule has 0 aliphatic heterocycles. The molecule has 2 aromatic rings. The molecule has 3 amide bonds. The van der Waals surface area contributed by atoms with Crippen LogP contribution in [-0.4, -0.2) is 46.7 Å². The fourth-order valence-corrected chi connectivity index (χ4v) is 3.55. The summed E-state index contributed by atoms with van der Waals surface area (Å²) in [7, 11) is 0. The Labute approximate surface area is 192 Å². The van der Waals surface area contributed by atoms with Crippen LogP contribution in [0, 0.1) is 23.3 Å². The summed E-state index contributed by atoms with van der Waals surface area (Å²) in [6, 6.07) is 6.78. The second-order valence-corrected chi connectivity index (χ2v) is 8.37. The Bertz CT molecular complexity index is 1010. The van der Waals surface area contributed by atoms with E-state index in [0.29, 0.717) is 18.2 Å². The van der Waals surface area contributed by atoms with Gasteiger partial charge in [0.25, 0.3) is 0 Å². The van der Waals surface area contributed by atoms with Crippen molar-refractivity contribution in [2.75, 3.05) is 29.5 Å². The van der Waals surface area contributed by atoms with Gasteiger partial charge in [0.05, 0.1) is 23.2 Å². The van der Waals surface area contributed by atoms with E-state index in [2.05, 4.69) is 10.6 Å². The molecule has 1 atom stereocenters. The van der Waals surface area contributed by atoms with Crippen LogP contribution in [-0.2, 0) is 14.4 Å². The Balaban J connectivity index is 1.91. The Morgan fingerprint density at radius 3 is 2.24 bits per heavy atom. The lowest BCUT2D eigenvalue weighted by molar-refractivity contribution is -0.134. The van der Waals surface area contributed by atoms with Crippen LogP contribution in [0.15, 0.2) is 36.4 Å². The fraction of sp³-hybridized carbons (Fsp3) is 0.318. The summed E-state index contributed by atoms with van der Waals surface area (Å²) in [5.41, 5.74) is -0.127. The summed E-state index contributed by atoms with van der Waals surface area (Å²) in [5, 5.41) is 4.04. The zero-order chi connectivity index (χ0) is 24.5. The summed E-state index contributed by atoms with van der Waals surface area (Å²) < 4.78 is 53.1. The number of nitrogens with one attached hydrogen (secondary N) is 2. The SMILES string of the molecule is CCCN(CC(=O)Nc1ccc(F)c(F)c1F)C(=O)C(C)SCC(=O)Nc1ccc(F)cc1. The molecule has 2 rings (SSSR count). The average Bonchev–Trinajstić information content (AvgIpc) is 2.78. The molecule has 0 radical (unpaired) electrons. The Hall–Kier alpha value is -3.08. The topological polar surface area (TPSA) is 78.5 Å². The fourth-order valence-electron chi connectivity index (χ4n) is 2.78. The van der Waals surface area contributed by atoms with Gasteiger partial charge in [-0.3, -0.25) is 14.4 Å². The average molecular weight is 486 g/mol. The van der Waals surface area contributed by atoms with E-state index in [4.69, 9.17) is 0 Å². The lowest BCUT2D eigenvalue weighted by atomic mass is 10.2. The predicted molar refractivity (Wildman–Crippen MR) is 119 cm³/mol. The highest BCUT2D eigenvalue weighted by molar-refractivity contribution is 8.01. The summed E-state index contributed by atoms with van der Waals surface area (Å²) in [6.07, 6.45) is 0.529. The van der Waals surface area contributed by atoms with Gasteiger partial charge >= 0.3 is 0 Å². The molecule has 0 heterocycles. The highest BCUT2D eigenvalue weighted by atomic mass is 32.2. The maximum atomic E-state index is 13.8. The van der Waals surface area contributed by atoms with Crippen molar-refractivity contribution < 1.29 is 31.9 Å². The summed E-state index contributed by atoms with van der Waals surface area (Å²) in [6.45, 7) is 3.16. The van der Waals surface area contributed by atoms with Gasteiger partial charge in [-0.05, 0) is 49.7 Å². The maximum Gasteiger partial charge on any atom is 0.244 e. The van der Waals surface area contributed by atoms with E-state index in [0.717, 1.165) is 17.8 Å². The number of anilines is 2. The first-order valence-electron chi connectivity index (χ1n) is 10.0. The van der Waals surface area contributed by atoms with E-state index < -0.39 is 52.6 Å². The molecule has 0 fully saturated rings. The van der Waals surface area contributed by atoms with Gasteiger partial charge < -0.3 is 15.5 Å². The lowest BCUT2D eigenvalue weighted by Gasteiger charge is -2.24. The van der Waals surface area contributed by atoms with Crippen LogP contribution in [0.4, 0.5) is 28.9 Å². The molecule has 0 saturated carbocycles. The smallest absolute Gasteiger partial charge is 0.244 e. The molecule has 6 nitrogen and oxygen atoms in total. The molecule has 2 aromatic carbocycles. The van der Waals surface area contributed by atoms with Crippen molar-refractivity contribution in [2.45, 2.75) is 25.5 Å². The van der Waals surface area contributed by atoms with E-state index in [1.165, 1.54) is 29.2 Å². The van der Waals surface area contributed by atoms with Crippen LogP contribution in [0.1, 0.15) is 20.3 Å².